The van der Waals surface area contributed by atoms with Gasteiger partial charge in [0.15, 0.2) is 5.82 Å². The molecule has 5 heteroatoms. The molecule has 28 heavy (non-hydrogen) atoms. The van der Waals surface area contributed by atoms with Gasteiger partial charge in [0.25, 0.3) is 5.91 Å². The van der Waals surface area contributed by atoms with Crippen molar-refractivity contribution < 1.29 is 9.90 Å². The van der Waals surface area contributed by atoms with Crippen LogP contribution in [0.5, 0.6) is 0 Å². The average molecular weight is 382 g/mol. The lowest BCUT2D eigenvalue weighted by Crippen LogP contribution is -2.61. The minimum Gasteiger partial charge on any atom is -0.385 e. The summed E-state index contributed by atoms with van der Waals surface area (Å²) in [5.41, 5.74) is 1.49. The van der Waals surface area contributed by atoms with Crippen molar-refractivity contribution in [2.75, 3.05) is 6.54 Å². The highest BCUT2D eigenvalue weighted by atomic mass is 16.3. The quantitative estimate of drug-likeness (QED) is 0.851. The molecule has 5 rings (SSSR count). The fraction of sp³-hybridized carbons (Fsp3) is 0.652. The van der Waals surface area contributed by atoms with Crippen LogP contribution in [0.15, 0.2) is 30.0 Å². The van der Waals surface area contributed by atoms with Crippen LogP contribution < -0.4 is 0 Å². The van der Waals surface area contributed by atoms with E-state index in [1.807, 2.05) is 6.20 Å². The zero-order valence-corrected chi connectivity index (χ0v) is 16.6. The molecule has 0 unspecified atom stereocenters. The Balaban J connectivity index is 1.44. The molecule has 0 bridgehead atoms. The highest BCUT2D eigenvalue weighted by Crippen LogP contribution is 2.46. The second-order valence-electron chi connectivity index (χ2n) is 8.95. The Morgan fingerprint density at radius 2 is 2.04 bits per heavy atom. The summed E-state index contributed by atoms with van der Waals surface area (Å²) >= 11 is 0. The Morgan fingerprint density at radius 1 is 1.14 bits per heavy atom. The first kappa shape index (κ1) is 18.2. The fourth-order valence-electron chi connectivity index (χ4n) is 5.96. The third-order valence-electron chi connectivity index (χ3n) is 7.43. The number of imidazole rings is 1. The van der Waals surface area contributed by atoms with E-state index in [9.17, 15) is 9.90 Å². The van der Waals surface area contributed by atoms with E-state index in [0.29, 0.717) is 18.8 Å². The highest BCUT2D eigenvalue weighted by molar-refractivity contribution is 5.91. The molecule has 0 aromatic carbocycles. The molecule has 3 atom stereocenters. The molecule has 3 heterocycles. The third-order valence-corrected chi connectivity index (χ3v) is 7.43. The summed E-state index contributed by atoms with van der Waals surface area (Å²) < 4.78 is 2.14. The molecule has 2 fully saturated rings. The largest absolute Gasteiger partial charge is 0.385 e. The molecule has 1 aromatic heterocycles. The van der Waals surface area contributed by atoms with Crippen LogP contribution in [0.1, 0.15) is 74.1 Å². The third kappa shape index (κ3) is 2.86. The number of fused-ring (bicyclic) bond motifs is 2. The van der Waals surface area contributed by atoms with Gasteiger partial charge in [0.05, 0.1) is 5.60 Å². The molecule has 0 spiro atoms. The smallest absolute Gasteiger partial charge is 0.290 e. The lowest BCUT2D eigenvalue weighted by Gasteiger charge is -2.53. The number of aryl methyl sites for hydroxylation is 1. The van der Waals surface area contributed by atoms with Crippen LogP contribution in [0.2, 0.25) is 0 Å². The van der Waals surface area contributed by atoms with E-state index in [-0.39, 0.29) is 17.9 Å². The first-order chi connectivity index (χ1) is 13.7. The molecule has 0 radical (unpaired) electrons. The molecule has 2 aliphatic heterocycles. The fourth-order valence-corrected chi connectivity index (χ4v) is 5.96. The topological polar surface area (TPSA) is 58.4 Å². The van der Waals surface area contributed by atoms with E-state index in [1.165, 1.54) is 12.1 Å². The molecular formula is C23H31N3O2. The van der Waals surface area contributed by atoms with Gasteiger partial charge < -0.3 is 14.6 Å². The molecule has 5 nitrogen and oxygen atoms in total. The number of rotatable bonds is 2. The van der Waals surface area contributed by atoms with Gasteiger partial charge in [0.1, 0.15) is 0 Å². The molecule has 1 saturated carbocycles. The van der Waals surface area contributed by atoms with Crippen molar-refractivity contribution in [3.05, 3.63) is 41.5 Å². The first-order valence-electron chi connectivity index (χ1n) is 11.1. The summed E-state index contributed by atoms with van der Waals surface area (Å²) in [5.74, 6) is 0.810. The van der Waals surface area contributed by atoms with Gasteiger partial charge in [-0.2, -0.15) is 0 Å². The predicted molar refractivity (Wildman–Crippen MR) is 108 cm³/mol. The van der Waals surface area contributed by atoms with Crippen molar-refractivity contribution in [3.63, 3.8) is 0 Å². The summed E-state index contributed by atoms with van der Waals surface area (Å²) in [6.07, 6.45) is 18.7. The summed E-state index contributed by atoms with van der Waals surface area (Å²) in [6, 6.07) is 0.118. The van der Waals surface area contributed by atoms with Crippen LogP contribution in [-0.2, 0) is 13.0 Å². The maximum atomic E-state index is 13.5. The van der Waals surface area contributed by atoms with E-state index in [1.54, 1.807) is 0 Å². The van der Waals surface area contributed by atoms with Crippen LogP contribution in [0.25, 0.3) is 0 Å². The molecule has 4 aliphatic rings. The van der Waals surface area contributed by atoms with Crippen LogP contribution in [0, 0.1) is 5.92 Å². The molecular weight excluding hydrogens is 350 g/mol. The Morgan fingerprint density at radius 3 is 2.89 bits per heavy atom. The summed E-state index contributed by atoms with van der Waals surface area (Å²) in [6.45, 7) is 1.52. The molecule has 150 valence electrons. The number of hydrogen-bond donors (Lipinski definition) is 1. The van der Waals surface area contributed by atoms with E-state index >= 15 is 0 Å². The number of likely N-dealkylation sites (tertiary alicyclic amines) is 1. The molecule has 1 N–H and O–H groups in total. The number of aromatic nitrogens is 2. The van der Waals surface area contributed by atoms with Gasteiger partial charge in [-0.1, -0.05) is 31.1 Å². The predicted octanol–water partition coefficient (Wildman–Crippen LogP) is 3.63. The lowest BCUT2D eigenvalue weighted by molar-refractivity contribution is -0.0789. The number of nitrogens with zero attached hydrogens (tertiary/aromatic N) is 3. The van der Waals surface area contributed by atoms with Crippen molar-refractivity contribution in [1.82, 2.24) is 14.5 Å². The van der Waals surface area contributed by atoms with Crippen molar-refractivity contribution in [1.29, 1.82) is 0 Å². The zero-order chi connectivity index (χ0) is 19.1. The molecule has 2 aliphatic carbocycles. The van der Waals surface area contributed by atoms with Crippen LogP contribution in [0.4, 0.5) is 0 Å². The first-order valence-corrected chi connectivity index (χ1v) is 11.1. The van der Waals surface area contributed by atoms with Gasteiger partial charge in [-0.15, -0.1) is 0 Å². The van der Waals surface area contributed by atoms with Crippen LogP contribution in [-0.4, -0.2) is 43.7 Å². The van der Waals surface area contributed by atoms with Crippen molar-refractivity contribution in [2.45, 2.75) is 82.4 Å². The van der Waals surface area contributed by atoms with Gasteiger partial charge in [-0.25, -0.2) is 4.98 Å². The summed E-state index contributed by atoms with van der Waals surface area (Å²) in [4.78, 5) is 20.1. The van der Waals surface area contributed by atoms with Crippen molar-refractivity contribution in [3.8, 4) is 0 Å². The number of aliphatic hydroxyl groups is 1. The highest BCUT2D eigenvalue weighted by Gasteiger charge is 2.51. The average Bonchev–Trinajstić information content (AvgIpc) is 3.19. The van der Waals surface area contributed by atoms with Gasteiger partial charge in [0.2, 0.25) is 0 Å². The van der Waals surface area contributed by atoms with Crippen molar-refractivity contribution in [2.24, 2.45) is 5.92 Å². The van der Waals surface area contributed by atoms with E-state index in [2.05, 4.69) is 32.7 Å². The lowest BCUT2D eigenvalue weighted by atomic mass is 9.65. The van der Waals surface area contributed by atoms with Gasteiger partial charge in [-0.3, -0.25) is 4.79 Å². The Bertz CT molecular complexity index is 824. The maximum absolute atomic E-state index is 13.5. The van der Waals surface area contributed by atoms with Gasteiger partial charge in [0, 0.05) is 36.9 Å². The van der Waals surface area contributed by atoms with Gasteiger partial charge in [-0.05, 0) is 56.9 Å². The Hall–Kier alpha value is -1.88. The van der Waals surface area contributed by atoms with E-state index in [4.69, 9.17) is 0 Å². The van der Waals surface area contributed by atoms with Crippen molar-refractivity contribution >= 4 is 5.91 Å². The van der Waals surface area contributed by atoms with E-state index < -0.39 is 5.60 Å². The summed E-state index contributed by atoms with van der Waals surface area (Å²) in [5, 5.41) is 11.7. The van der Waals surface area contributed by atoms with Gasteiger partial charge >= 0.3 is 0 Å². The number of carbonyl (C=O) groups is 1. The number of piperidine rings is 1. The second-order valence-corrected chi connectivity index (χ2v) is 8.95. The molecule has 1 saturated heterocycles. The maximum Gasteiger partial charge on any atom is 0.290 e. The normalized spacial score (nSPS) is 32.5. The number of hydrogen-bond acceptors (Lipinski definition) is 3. The second kappa shape index (κ2) is 7.18. The minimum absolute atomic E-state index is 0.0697. The standard InChI is InChI=1S/C23H31N3O2/c27-22(21-24-16-18-10-6-7-14-25(18)21)26-15-13-23(28,17-8-2-1-3-9-17)19-11-4-5-12-20(19)26/h2,8-9,16,19-20,28H,1,3-7,10-15H2/t19-,20+,23-/m0/s1. The monoisotopic (exact) mass is 381 g/mol. The van der Waals surface area contributed by atoms with Crippen LogP contribution in [0.3, 0.4) is 0 Å². The Labute approximate surface area is 167 Å². The Kier molecular flexibility index (Phi) is 4.66. The number of amides is 1. The summed E-state index contributed by atoms with van der Waals surface area (Å²) in [7, 11) is 0. The number of carbonyl (C=O) groups excluding carboxylic acids is 1. The van der Waals surface area contributed by atoms with E-state index in [0.717, 1.165) is 63.5 Å². The zero-order valence-electron chi connectivity index (χ0n) is 16.6. The minimum atomic E-state index is -0.787. The molecule has 1 aromatic rings. The molecule has 1 amide bonds. The van der Waals surface area contributed by atoms with Crippen LogP contribution >= 0.6 is 0 Å². The number of allylic oxidation sites excluding steroid dienone is 2. The SMILES string of the molecule is O=C(c1ncc2n1CCCC2)N1CC[C@](O)(C2=CCCC=C2)[C@H]2CCCC[C@H]21.